The summed E-state index contributed by atoms with van der Waals surface area (Å²) in [5.74, 6) is -0.204. The molecular weight excluding hydrogens is 344 g/mol. The van der Waals surface area contributed by atoms with Gasteiger partial charge in [-0.2, -0.15) is 0 Å². The molecule has 7 heteroatoms. The molecule has 2 aromatic rings. The van der Waals surface area contributed by atoms with Crippen LogP contribution in [0.5, 0.6) is 0 Å². The van der Waals surface area contributed by atoms with E-state index in [1.165, 1.54) is 12.1 Å². The topological polar surface area (TPSA) is 87.5 Å². The highest BCUT2D eigenvalue weighted by atomic mass is 16.6. The molecule has 144 valence electrons. The summed E-state index contributed by atoms with van der Waals surface area (Å²) in [6.45, 7) is 8.84. The van der Waals surface area contributed by atoms with Crippen LogP contribution in [0.1, 0.15) is 25.0 Å². The number of para-hydroxylation sites is 1. The van der Waals surface area contributed by atoms with Crippen molar-refractivity contribution in [2.24, 2.45) is 0 Å². The summed E-state index contributed by atoms with van der Waals surface area (Å²) in [6, 6.07) is 12.3. The van der Waals surface area contributed by atoms with Crippen molar-refractivity contribution >= 4 is 23.0 Å². The van der Waals surface area contributed by atoms with Crippen molar-refractivity contribution in [2.45, 2.75) is 27.3 Å². The third-order valence-electron chi connectivity index (χ3n) is 4.44. The number of amides is 1. The number of aryl methyl sites for hydroxylation is 1. The largest absolute Gasteiger partial charge is 0.376 e. The Morgan fingerprint density at radius 2 is 1.81 bits per heavy atom. The van der Waals surface area contributed by atoms with Gasteiger partial charge in [-0.05, 0) is 43.3 Å². The van der Waals surface area contributed by atoms with Gasteiger partial charge >= 0.3 is 0 Å². The van der Waals surface area contributed by atoms with Crippen molar-refractivity contribution in [3.8, 4) is 0 Å². The standard InChI is InChI=1S/C20H26N4O3/c1-4-23(5-2)14-16-8-6-7-9-19(16)21-13-20(25)22-18-11-10-17(24(26)27)12-15(18)3/h6-12,21H,4-5,13-14H2,1-3H3,(H,22,25). The van der Waals surface area contributed by atoms with Crippen molar-refractivity contribution in [3.05, 3.63) is 63.7 Å². The van der Waals surface area contributed by atoms with Gasteiger partial charge in [-0.15, -0.1) is 0 Å². The molecule has 2 rings (SSSR count). The minimum atomic E-state index is -0.451. The Balaban J connectivity index is 1.99. The highest BCUT2D eigenvalue weighted by Gasteiger charge is 2.11. The number of carbonyl (C=O) groups is 1. The van der Waals surface area contributed by atoms with Crippen LogP contribution in [0, 0.1) is 17.0 Å². The molecular formula is C20H26N4O3. The predicted octanol–water partition coefficient (Wildman–Crippen LogP) is 3.80. The number of nitrogens with zero attached hydrogens (tertiary/aromatic N) is 2. The summed E-state index contributed by atoms with van der Waals surface area (Å²) in [7, 11) is 0. The summed E-state index contributed by atoms with van der Waals surface area (Å²) in [5, 5.41) is 16.8. The smallest absolute Gasteiger partial charge is 0.269 e. The average molecular weight is 370 g/mol. The van der Waals surface area contributed by atoms with Gasteiger partial charge < -0.3 is 10.6 Å². The Morgan fingerprint density at radius 1 is 1.11 bits per heavy atom. The Kier molecular flexibility index (Phi) is 7.31. The van der Waals surface area contributed by atoms with Gasteiger partial charge in [0.1, 0.15) is 0 Å². The van der Waals surface area contributed by atoms with E-state index in [-0.39, 0.29) is 18.1 Å². The van der Waals surface area contributed by atoms with Gasteiger partial charge in [-0.1, -0.05) is 32.0 Å². The van der Waals surface area contributed by atoms with Crippen LogP contribution in [-0.2, 0) is 11.3 Å². The predicted molar refractivity (Wildman–Crippen MR) is 108 cm³/mol. The van der Waals surface area contributed by atoms with Gasteiger partial charge in [-0.25, -0.2) is 0 Å². The first-order chi connectivity index (χ1) is 12.9. The number of hydrogen-bond acceptors (Lipinski definition) is 5. The molecule has 0 radical (unpaired) electrons. The number of nitro groups is 1. The second kappa shape index (κ2) is 9.68. The zero-order chi connectivity index (χ0) is 19.8. The van der Waals surface area contributed by atoms with Gasteiger partial charge in [-0.3, -0.25) is 19.8 Å². The number of carbonyl (C=O) groups excluding carboxylic acids is 1. The molecule has 0 aliphatic carbocycles. The molecule has 0 unspecified atom stereocenters. The zero-order valence-electron chi connectivity index (χ0n) is 16.0. The molecule has 0 atom stereocenters. The molecule has 0 spiro atoms. The van der Waals surface area contributed by atoms with Crippen LogP contribution in [0.4, 0.5) is 17.1 Å². The van der Waals surface area contributed by atoms with E-state index in [1.54, 1.807) is 13.0 Å². The van der Waals surface area contributed by atoms with Crippen molar-refractivity contribution < 1.29 is 9.72 Å². The first-order valence-corrected chi connectivity index (χ1v) is 9.03. The molecule has 0 aliphatic heterocycles. The number of benzene rings is 2. The van der Waals surface area contributed by atoms with E-state index in [0.29, 0.717) is 11.3 Å². The van der Waals surface area contributed by atoms with Gasteiger partial charge in [0.25, 0.3) is 5.69 Å². The van der Waals surface area contributed by atoms with Crippen LogP contribution in [0.15, 0.2) is 42.5 Å². The van der Waals surface area contributed by atoms with Crippen LogP contribution in [-0.4, -0.2) is 35.4 Å². The number of nitrogens with one attached hydrogen (secondary N) is 2. The molecule has 1 amide bonds. The number of non-ortho nitro benzene ring substituents is 1. The number of nitro benzene ring substituents is 1. The molecule has 0 aliphatic rings. The fourth-order valence-electron chi connectivity index (χ4n) is 2.79. The lowest BCUT2D eigenvalue weighted by molar-refractivity contribution is -0.384. The van der Waals surface area contributed by atoms with E-state index in [0.717, 1.165) is 30.9 Å². The van der Waals surface area contributed by atoms with E-state index in [9.17, 15) is 14.9 Å². The molecule has 2 aromatic carbocycles. The molecule has 27 heavy (non-hydrogen) atoms. The molecule has 7 nitrogen and oxygen atoms in total. The summed E-state index contributed by atoms with van der Waals surface area (Å²) in [6.07, 6.45) is 0. The SMILES string of the molecule is CCN(CC)Cc1ccccc1NCC(=O)Nc1ccc([N+](=O)[O-])cc1C. The quantitative estimate of drug-likeness (QED) is 0.518. The van der Waals surface area contributed by atoms with Gasteiger partial charge in [0.05, 0.1) is 11.5 Å². The number of hydrogen-bond donors (Lipinski definition) is 2. The number of rotatable bonds is 9. The Hall–Kier alpha value is -2.93. The van der Waals surface area contributed by atoms with E-state index in [2.05, 4.69) is 35.4 Å². The molecule has 0 aromatic heterocycles. The lowest BCUT2D eigenvalue weighted by Gasteiger charge is -2.20. The molecule has 0 saturated heterocycles. The maximum Gasteiger partial charge on any atom is 0.269 e. The third-order valence-corrected chi connectivity index (χ3v) is 4.44. The van der Waals surface area contributed by atoms with Crippen LogP contribution >= 0.6 is 0 Å². The minimum absolute atomic E-state index is 0.00829. The molecule has 2 N–H and O–H groups in total. The fourth-order valence-corrected chi connectivity index (χ4v) is 2.79. The van der Waals surface area contributed by atoms with Crippen LogP contribution in [0.2, 0.25) is 0 Å². The highest BCUT2D eigenvalue weighted by Crippen LogP contribution is 2.21. The first kappa shape index (κ1) is 20.4. The summed E-state index contributed by atoms with van der Waals surface area (Å²) >= 11 is 0. The zero-order valence-corrected chi connectivity index (χ0v) is 16.0. The normalized spacial score (nSPS) is 10.7. The van der Waals surface area contributed by atoms with E-state index < -0.39 is 4.92 Å². The Bertz CT molecular complexity index is 804. The van der Waals surface area contributed by atoms with E-state index >= 15 is 0 Å². The van der Waals surface area contributed by atoms with E-state index in [4.69, 9.17) is 0 Å². The first-order valence-electron chi connectivity index (χ1n) is 9.03. The summed E-state index contributed by atoms with van der Waals surface area (Å²) in [5.41, 5.74) is 3.30. The van der Waals surface area contributed by atoms with Crippen LogP contribution in [0.25, 0.3) is 0 Å². The maximum absolute atomic E-state index is 12.3. The Morgan fingerprint density at radius 3 is 2.44 bits per heavy atom. The van der Waals surface area contributed by atoms with Crippen LogP contribution < -0.4 is 10.6 Å². The maximum atomic E-state index is 12.3. The van der Waals surface area contributed by atoms with Crippen molar-refractivity contribution in [3.63, 3.8) is 0 Å². The highest BCUT2D eigenvalue weighted by molar-refractivity contribution is 5.94. The van der Waals surface area contributed by atoms with E-state index in [1.807, 2.05) is 18.2 Å². The van der Waals surface area contributed by atoms with Gasteiger partial charge in [0.15, 0.2) is 0 Å². The molecule has 0 bridgehead atoms. The number of anilines is 2. The molecule has 0 saturated carbocycles. The van der Waals surface area contributed by atoms with Crippen LogP contribution in [0.3, 0.4) is 0 Å². The van der Waals surface area contributed by atoms with Gasteiger partial charge in [0.2, 0.25) is 5.91 Å². The van der Waals surface area contributed by atoms with Crippen molar-refractivity contribution in [1.29, 1.82) is 0 Å². The summed E-state index contributed by atoms with van der Waals surface area (Å²) < 4.78 is 0. The van der Waals surface area contributed by atoms with Crippen molar-refractivity contribution in [1.82, 2.24) is 4.90 Å². The molecule has 0 fully saturated rings. The fraction of sp³-hybridized carbons (Fsp3) is 0.350. The lowest BCUT2D eigenvalue weighted by Crippen LogP contribution is -2.25. The second-order valence-corrected chi connectivity index (χ2v) is 6.28. The molecule has 0 heterocycles. The van der Waals surface area contributed by atoms with Crippen molar-refractivity contribution in [2.75, 3.05) is 30.3 Å². The van der Waals surface area contributed by atoms with Gasteiger partial charge in [0, 0.05) is 30.1 Å². The lowest BCUT2D eigenvalue weighted by atomic mass is 10.1. The minimum Gasteiger partial charge on any atom is -0.376 e. The summed E-state index contributed by atoms with van der Waals surface area (Å²) in [4.78, 5) is 24.9. The second-order valence-electron chi connectivity index (χ2n) is 6.28. The average Bonchev–Trinajstić information content (AvgIpc) is 2.66. The Labute approximate surface area is 159 Å². The monoisotopic (exact) mass is 370 g/mol. The third kappa shape index (κ3) is 5.79.